The van der Waals surface area contributed by atoms with Gasteiger partial charge in [-0.15, -0.1) is 0 Å². The van der Waals surface area contributed by atoms with Crippen molar-refractivity contribution in [2.75, 3.05) is 6.54 Å². The van der Waals surface area contributed by atoms with Crippen LogP contribution in [0.15, 0.2) is 42.5 Å². The number of fused-ring (bicyclic) bond motifs is 1. The van der Waals surface area contributed by atoms with E-state index in [1.54, 1.807) is 32.9 Å². The number of hydrogen-bond acceptors (Lipinski definition) is 6. The number of nitrogens with zero attached hydrogens (tertiary/aromatic N) is 1. The molecule has 7 nitrogen and oxygen atoms in total. The Morgan fingerprint density at radius 2 is 1.75 bits per heavy atom. The van der Waals surface area contributed by atoms with Gasteiger partial charge in [-0.05, 0) is 75.8 Å². The van der Waals surface area contributed by atoms with Gasteiger partial charge in [-0.2, -0.15) is 21.6 Å². The number of aliphatic hydroxyl groups is 1. The number of aliphatic hydroxyl groups excluding tert-OH is 1. The summed E-state index contributed by atoms with van der Waals surface area (Å²) in [5.41, 5.74) is -3.33. The number of carbonyl (C=O) groups is 1. The maximum absolute atomic E-state index is 13.1. The van der Waals surface area contributed by atoms with E-state index in [4.69, 9.17) is 4.74 Å². The highest BCUT2D eigenvalue weighted by atomic mass is 32.2. The number of amides is 1. The van der Waals surface area contributed by atoms with Gasteiger partial charge in [0.05, 0.1) is 12.6 Å². The molecule has 0 unspecified atom stereocenters. The normalized spacial score (nSPS) is 17.2. The molecule has 11 heteroatoms. The first-order valence-corrected chi connectivity index (χ1v) is 12.8. The van der Waals surface area contributed by atoms with E-state index >= 15 is 0 Å². The average molecular weight is 530 g/mol. The summed E-state index contributed by atoms with van der Waals surface area (Å²) < 4.78 is 70.9. The van der Waals surface area contributed by atoms with Crippen LogP contribution in [0.5, 0.6) is 5.75 Å². The molecule has 2 atom stereocenters. The number of aryl methyl sites for hydroxylation is 2. The van der Waals surface area contributed by atoms with Crippen molar-refractivity contribution in [3.05, 3.63) is 64.7 Å². The summed E-state index contributed by atoms with van der Waals surface area (Å²) >= 11 is 0. The molecule has 1 aliphatic carbocycles. The first-order valence-electron chi connectivity index (χ1n) is 11.4. The predicted molar refractivity (Wildman–Crippen MR) is 127 cm³/mol. The Labute approximate surface area is 209 Å². The third-order valence-electron chi connectivity index (χ3n) is 5.77. The van der Waals surface area contributed by atoms with Crippen LogP contribution in [0.2, 0.25) is 0 Å². The topological polar surface area (TPSA) is 93.1 Å². The molecular weight excluding hydrogens is 499 g/mol. The van der Waals surface area contributed by atoms with Crippen LogP contribution < -0.4 is 4.18 Å². The molecule has 36 heavy (non-hydrogen) atoms. The number of hydrogen-bond donors (Lipinski definition) is 1. The Balaban J connectivity index is 1.86. The first-order chi connectivity index (χ1) is 16.6. The van der Waals surface area contributed by atoms with E-state index in [9.17, 15) is 31.5 Å². The van der Waals surface area contributed by atoms with E-state index in [0.29, 0.717) is 24.0 Å². The maximum atomic E-state index is 13.1. The third kappa shape index (κ3) is 6.91. The number of alkyl halides is 3. The summed E-state index contributed by atoms with van der Waals surface area (Å²) in [7, 11) is -5.81. The van der Waals surface area contributed by atoms with Crippen LogP contribution >= 0.6 is 0 Å². The van der Waals surface area contributed by atoms with Crippen LogP contribution in [0.25, 0.3) is 0 Å². The Morgan fingerprint density at radius 1 is 1.11 bits per heavy atom. The van der Waals surface area contributed by atoms with E-state index in [1.807, 2.05) is 19.1 Å². The third-order valence-corrected chi connectivity index (χ3v) is 6.75. The van der Waals surface area contributed by atoms with Crippen molar-refractivity contribution < 1.29 is 40.4 Å². The molecule has 1 N–H and O–H groups in total. The first kappa shape index (κ1) is 27.8. The van der Waals surface area contributed by atoms with E-state index < -0.39 is 45.2 Å². The van der Waals surface area contributed by atoms with E-state index in [0.717, 1.165) is 11.1 Å². The highest BCUT2D eigenvalue weighted by molar-refractivity contribution is 7.88. The standard InChI is InChI=1S/C25H30F3NO6S/c1-16-5-7-18(8-6-16)22(30)15-29(23(31)34-24(2,3)4)20-11-9-17-10-12-21(14-19(17)13-20)35-36(32,33)25(26,27)28/h5-8,10,12,14,20,22,30H,9,11,13,15H2,1-4H3/t20-,22-/m0/s1. The number of benzene rings is 2. The minimum absolute atomic E-state index is 0.0589. The van der Waals surface area contributed by atoms with Crippen LogP contribution in [-0.4, -0.2) is 48.2 Å². The maximum Gasteiger partial charge on any atom is 0.534 e. The van der Waals surface area contributed by atoms with Crippen LogP contribution in [-0.2, 0) is 27.7 Å². The molecule has 0 spiro atoms. The monoisotopic (exact) mass is 529 g/mol. The van der Waals surface area contributed by atoms with Gasteiger partial charge >= 0.3 is 21.7 Å². The van der Waals surface area contributed by atoms with Gasteiger partial charge in [0, 0.05) is 6.04 Å². The second-order valence-corrected chi connectivity index (χ2v) is 11.4. The van der Waals surface area contributed by atoms with E-state index in [2.05, 4.69) is 4.18 Å². The number of ether oxygens (including phenoxy) is 1. The van der Waals surface area contributed by atoms with Crippen LogP contribution in [0, 0.1) is 6.92 Å². The molecule has 0 saturated carbocycles. The summed E-state index contributed by atoms with van der Waals surface area (Å²) in [6, 6.07) is 10.7. The molecular formula is C25H30F3NO6S. The fourth-order valence-electron chi connectivity index (χ4n) is 3.98. The van der Waals surface area contributed by atoms with E-state index in [1.165, 1.54) is 23.1 Å². The Bertz CT molecular complexity index is 1190. The average Bonchev–Trinajstić information content (AvgIpc) is 2.75. The quantitative estimate of drug-likeness (QED) is 0.416. The number of rotatable bonds is 6. The fraction of sp³-hybridized carbons (Fsp3) is 0.480. The minimum atomic E-state index is -5.81. The van der Waals surface area contributed by atoms with Gasteiger partial charge in [0.25, 0.3) is 0 Å². The highest BCUT2D eigenvalue weighted by Crippen LogP contribution is 2.32. The zero-order valence-electron chi connectivity index (χ0n) is 20.5. The lowest BCUT2D eigenvalue weighted by Crippen LogP contribution is -2.47. The van der Waals surface area contributed by atoms with E-state index in [-0.39, 0.29) is 13.0 Å². The van der Waals surface area contributed by atoms with Crippen LogP contribution in [0.4, 0.5) is 18.0 Å². The van der Waals surface area contributed by atoms with Gasteiger partial charge in [0.1, 0.15) is 11.4 Å². The molecule has 1 amide bonds. The molecule has 0 aromatic heterocycles. The highest BCUT2D eigenvalue weighted by Gasteiger charge is 2.48. The lowest BCUT2D eigenvalue weighted by molar-refractivity contribution is -0.0500. The molecule has 2 aromatic carbocycles. The lowest BCUT2D eigenvalue weighted by atomic mass is 9.87. The smallest absolute Gasteiger partial charge is 0.444 e. The molecule has 0 saturated heterocycles. The Kier molecular flexibility index (Phi) is 7.95. The second kappa shape index (κ2) is 10.3. The van der Waals surface area contributed by atoms with Gasteiger partial charge in [-0.3, -0.25) is 0 Å². The summed E-state index contributed by atoms with van der Waals surface area (Å²) in [5.74, 6) is -0.463. The van der Waals surface area contributed by atoms with Gasteiger partial charge in [0.2, 0.25) is 0 Å². The van der Waals surface area contributed by atoms with Crippen molar-refractivity contribution in [3.8, 4) is 5.75 Å². The van der Waals surface area contributed by atoms with Crippen molar-refractivity contribution in [2.45, 2.75) is 70.2 Å². The van der Waals surface area contributed by atoms with Crippen molar-refractivity contribution >= 4 is 16.2 Å². The largest absolute Gasteiger partial charge is 0.534 e. The molecule has 0 bridgehead atoms. The Morgan fingerprint density at radius 3 is 2.33 bits per heavy atom. The number of halogens is 3. The predicted octanol–water partition coefficient (Wildman–Crippen LogP) is 5.05. The van der Waals surface area contributed by atoms with Crippen LogP contribution in [0.3, 0.4) is 0 Å². The van der Waals surface area contributed by atoms with Crippen molar-refractivity contribution in [2.24, 2.45) is 0 Å². The zero-order valence-corrected chi connectivity index (χ0v) is 21.3. The zero-order chi connectivity index (χ0) is 26.9. The van der Waals surface area contributed by atoms with Crippen molar-refractivity contribution in [1.82, 2.24) is 4.90 Å². The molecule has 1 aliphatic rings. The fourth-order valence-corrected chi connectivity index (χ4v) is 4.43. The second-order valence-electron chi connectivity index (χ2n) is 9.87. The molecule has 0 fully saturated rings. The summed E-state index contributed by atoms with van der Waals surface area (Å²) in [5, 5.41) is 10.9. The van der Waals surface area contributed by atoms with Gasteiger partial charge in [0.15, 0.2) is 0 Å². The van der Waals surface area contributed by atoms with Crippen molar-refractivity contribution in [1.29, 1.82) is 0 Å². The van der Waals surface area contributed by atoms with Gasteiger partial charge in [-0.25, -0.2) is 4.79 Å². The van der Waals surface area contributed by atoms with Gasteiger partial charge < -0.3 is 18.9 Å². The molecule has 2 aromatic rings. The molecule has 0 heterocycles. The van der Waals surface area contributed by atoms with Crippen LogP contribution in [0.1, 0.15) is 55.5 Å². The molecule has 0 radical (unpaired) electrons. The number of carbonyl (C=O) groups excluding carboxylic acids is 1. The summed E-state index contributed by atoms with van der Waals surface area (Å²) in [6.07, 6.45) is -0.390. The SMILES string of the molecule is Cc1ccc([C@@H](O)CN(C(=O)OC(C)(C)C)[C@H]2CCc3ccc(OS(=O)(=O)C(F)(F)F)cc3C2)cc1. The van der Waals surface area contributed by atoms with Gasteiger partial charge in [-0.1, -0.05) is 35.9 Å². The van der Waals surface area contributed by atoms with Crippen molar-refractivity contribution in [3.63, 3.8) is 0 Å². The summed E-state index contributed by atoms with van der Waals surface area (Å²) in [4.78, 5) is 14.5. The Hall–Kier alpha value is -2.79. The molecule has 3 rings (SSSR count). The minimum Gasteiger partial charge on any atom is -0.444 e. The molecule has 0 aliphatic heterocycles. The molecule has 198 valence electrons. The lowest BCUT2D eigenvalue weighted by Gasteiger charge is -2.37. The summed E-state index contributed by atoms with van der Waals surface area (Å²) in [6.45, 7) is 7.03.